The molecule has 1 amide bonds. The zero-order valence-corrected chi connectivity index (χ0v) is 10.5. The molecule has 18 heavy (non-hydrogen) atoms. The van der Waals surface area contributed by atoms with Gasteiger partial charge in [0.15, 0.2) is 5.76 Å². The Hall–Kier alpha value is -1.62. The number of ketones is 1. The third-order valence-corrected chi connectivity index (χ3v) is 3.16. The van der Waals surface area contributed by atoms with Crippen LogP contribution in [0.3, 0.4) is 0 Å². The van der Waals surface area contributed by atoms with E-state index in [-0.39, 0.29) is 17.7 Å². The third-order valence-electron chi connectivity index (χ3n) is 3.16. The zero-order valence-electron chi connectivity index (χ0n) is 10.5. The van der Waals surface area contributed by atoms with Crippen LogP contribution in [0, 0.1) is 0 Å². The van der Waals surface area contributed by atoms with Gasteiger partial charge in [0.1, 0.15) is 0 Å². The molecule has 98 valence electrons. The highest BCUT2D eigenvalue weighted by atomic mass is 16.3. The molecule has 1 aromatic heterocycles. The van der Waals surface area contributed by atoms with Crippen LogP contribution >= 0.6 is 0 Å². The van der Waals surface area contributed by atoms with Crippen LogP contribution < -0.4 is 5.32 Å². The molecule has 0 saturated carbocycles. The smallest absolute Gasteiger partial charge is 0.217 e. The normalized spacial score (nSPS) is 17.6. The molecule has 5 nitrogen and oxygen atoms in total. The van der Waals surface area contributed by atoms with Crippen LogP contribution in [0.1, 0.15) is 30.3 Å². The number of nitrogens with one attached hydrogen (secondary N) is 1. The summed E-state index contributed by atoms with van der Waals surface area (Å²) in [6.45, 7) is 3.59. The molecular formula is C13H18N2O3. The number of Topliss-reactive ketones (excluding diaryl/α,β-unsaturated/α-hetero) is 1. The summed E-state index contributed by atoms with van der Waals surface area (Å²) in [5, 5.41) is 2.91. The Labute approximate surface area is 106 Å². The summed E-state index contributed by atoms with van der Waals surface area (Å²) in [7, 11) is 0. The van der Waals surface area contributed by atoms with E-state index in [9.17, 15) is 9.59 Å². The first-order chi connectivity index (χ1) is 8.65. The van der Waals surface area contributed by atoms with E-state index in [1.54, 1.807) is 12.1 Å². The van der Waals surface area contributed by atoms with Crippen LogP contribution in [-0.2, 0) is 4.79 Å². The van der Waals surface area contributed by atoms with Gasteiger partial charge < -0.3 is 9.73 Å². The minimum Gasteiger partial charge on any atom is -0.461 e. The second-order valence-electron chi connectivity index (χ2n) is 4.65. The quantitative estimate of drug-likeness (QED) is 0.812. The zero-order chi connectivity index (χ0) is 13.0. The Balaban J connectivity index is 1.77. The van der Waals surface area contributed by atoms with Crippen molar-refractivity contribution in [2.24, 2.45) is 0 Å². The predicted octanol–water partition coefficient (Wildman–Crippen LogP) is 1.06. The number of likely N-dealkylation sites (tertiary alicyclic amines) is 1. The lowest BCUT2D eigenvalue weighted by atomic mass is 10.0. The molecule has 1 aromatic rings. The van der Waals surface area contributed by atoms with E-state index in [4.69, 9.17) is 4.42 Å². The number of furan rings is 1. The lowest BCUT2D eigenvalue weighted by Gasteiger charge is -2.31. The van der Waals surface area contributed by atoms with Crippen molar-refractivity contribution >= 4 is 11.7 Å². The summed E-state index contributed by atoms with van der Waals surface area (Å²) in [5.74, 6) is 0.442. The highest BCUT2D eigenvalue weighted by Gasteiger charge is 2.22. The molecule has 1 aliphatic rings. The lowest BCUT2D eigenvalue weighted by Crippen LogP contribution is -2.45. The van der Waals surface area contributed by atoms with E-state index in [1.807, 2.05) is 0 Å². The maximum atomic E-state index is 11.8. The first-order valence-electron chi connectivity index (χ1n) is 6.21. The number of hydrogen-bond donors (Lipinski definition) is 1. The first kappa shape index (κ1) is 12.8. The van der Waals surface area contributed by atoms with Gasteiger partial charge in [-0.3, -0.25) is 14.5 Å². The number of carbonyl (C=O) groups excluding carboxylic acids is 2. The molecule has 0 atom stereocenters. The van der Waals surface area contributed by atoms with Crippen molar-refractivity contribution in [2.75, 3.05) is 19.6 Å². The largest absolute Gasteiger partial charge is 0.461 e. The summed E-state index contributed by atoms with van der Waals surface area (Å²) < 4.78 is 5.08. The molecule has 0 radical (unpaired) electrons. The van der Waals surface area contributed by atoms with Gasteiger partial charge in [0.25, 0.3) is 0 Å². The Morgan fingerprint density at radius 3 is 2.72 bits per heavy atom. The number of amides is 1. The topological polar surface area (TPSA) is 62.6 Å². The molecule has 0 spiro atoms. The van der Waals surface area contributed by atoms with Crippen LogP contribution in [0.4, 0.5) is 0 Å². The van der Waals surface area contributed by atoms with Crippen molar-refractivity contribution in [3.8, 4) is 0 Å². The molecule has 0 aliphatic carbocycles. The third kappa shape index (κ3) is 3.43. The van der Waals surface area contributed by atoms with Gasteiger partial charge in [-0.1, -0.05) is 0 Å². The number of rotatable bonds is 4. The second kappa shape index (κ2) is 5.82. The summed E-state index contributed by atoms with van der Waals surface area (Å²) in [6, 6.07) is 3.65. The average molecular weight is 250 g/mol. The van der Waals surface area contributed by atoms with Gasteiger partial charge in [-0.15, -0.1) is 0 Å². The van der Waals surface area contributed by atoms with Crippen LogP contribution in [0.2, 0.25) is 0 Å². The highest BCUT2D eigenvalue weighted by molar-refractivity contribution is 5.95. The molecule has 1 saturated heterocycles. The summed E-state index contributed by atoms with van der Waals surface area (Å²) >= 11 is 0. The van der Waals surface area contributed by atoms with Crippen LogP contribution in [0.5, 0.6) is 0 Å². The summed E-state index contributed by atoms with van der Waals surface area (Å²) in [5.41, 5.74) is 0. The van der Waals surface area contributed by atoms with E-state index < -0.39 is 0 Å². The minimum atomic E-state index is 0.0120. The Morgan fingerprint density at radius 2 is 2.17 bits per heavy atom. The molecule has 2 heterocycles. The maximum Gasteiger partial charge on any atom is 0.217 e. The van der Waals surface area contributed by atoms with Crippen LogP contribution in [-0.4, -0.2) is 42.3 Å². The van der Waals surface area contributed by atoms with Crippen molar-refractivity contribution in [1.29, 1.82) is 0 Å². The van der Waals surface area contributed by atoms with Crippen molar-refractivity contribution in [3.05, 3.63) is 24.2 Å². The minimum absolute atomic E-state index is 0.0120. The Morgan fingerprint density at radius 1 is 1.44 bits per heavy atom. The van der Waals surface area contributed by atoms with Crippen LogP contribution in [0.15, 0.2) is 22.8 Å². The molecular weight excluding hydrogens is 232 g/mol. The van der Waals surface area contributed by atoms with Gasteiger partial charge in [0.2, 0.25) is 11.7 Å². The number of carbonyl (C=O) groups is 2. The molecule has 5 heteroatoms. The average Bonchev–Trinajstić information content (AvgIpc) is 2.84. The van der Waals surface area contributed by atoms with E-state index in [0.717, 1.165) is 25.9 Å². The highest BCUT2D eigenvalue weighted by Crippen LogP contribution is 2.11. The fourth-order valence-corrected chi connectivity index (χ4v) is 2.24. The van der Waals surface area contributed by atoms with Gasteiger partial charge in [0.05, 0.1) is 12.8 Å². The van der Waals surface area contributed by atoms with Gasteiger partial charge in [0, 0.05) is 26.1 Å². The van der Waals surface area contributed by atoms with Gasteiger partial charge in [-0.25, -0.2) is 0 Å². The monoisotopic (exact) mass is 250 g/mol. The van der Waals surface area contributed by atoms with Gasteiger partial charge >= 0.3 is 0 Å². The van der Waals surface area contributed by atoms with Crippen molar-refractivity contribution in [2.45, 2.75) is 25.8 Å². The number of hydrogen-bond acceptors (Lipinski definition) is 4. The van der Waals surface area contributed by atoms with Crippen molar-refractivity contribution in [1.82, 2.24) is 10.2 Å². The molecule has 1 fully saturated rings. The SMILES string of the molecule is CC(=O)NC1CCN(CC(=O)c2ccco2)CC1. The molecule has 0 bridgehead atoms. The first-order valence-corrected chi connectivity index (χ1v) is 6.21. The molecule has 0 unspecified atom stereocenters. The molecule has 2 rings (SSSR count). The van der Waals surface area contributed by atoms with Crippen LogP contribution in [0.25, 0.3) is 0 Å². The maximum absolute atomic E-state index is 11.8. The van der Waals surface area contributed by atoms with Gasteiger partial charge in [-0.05, 0) is 25.0 Å². The lowest BCUT2D eigenvalue weighted by molar-refractivity contribution is -0.119. The fraction of sp³-hybridized carbons (Fsp3) is 0.538. The Kier molecular flexibility index (Phi) is 4.15. The molecule has 1 aliphatic heterocycles. The second-order valence-corrected chi connectivity index (χ2v) is 4.65. The fourth-order valence-electron chi connectivity index (χ4n) is 2.24. The number of piperidine rings is 1. The standard InChI is InChI=1S/C13H18N2O3/c1-10(16)14-11-4-6-15(7-5-11)9-12(17)13-3-2-8-18-13/h2-3,8,11H,4-7,9H2,1H3,(H,14,16). The van der Waals surface area contributed by atoms with Crippen molar-refractivity contribution in [3.63, 3.8) is 0 Å². The Bertz CT molecular complexity index is 406. The van der Waals surface area contributed by atoms with E-state index in [2.05, 4.69) is 10.2 Å². The molecule has 1 N–H and O–H groups in total. The van der Waals surface area contributed by atoms with E-state index in [0.29, 0.717) is 12.3 Å². The van der Waals surface area contributed by atoms with Gasteiger partial charge in [-0.2, -0.15) is 0 Å². The van der Waals surface area contributed by atoms with E-state index in [1.165, 1.54) is 13.2 Å². The molecule has 0 aromatic carbocycles. The summed E-state index contributed by atoms with van der Waals surface area (Å²) in [6.07, 6.45) is 3.30. The predicted molar refractivity (Wildman–Crippen MR) is 66.3 cm³/mol. The summed E-state index contributed by atoms with van der Waals surface area (Å²) in [4.78, 5) is 24.9. The number of nitrogens with zero attached hydrogens (tertiary/aromatic N) is 1. The van der Waals surface area contributed by atoms with Crippen molar-refractivity contribution < 1.29 is 14.0 Å². The van der Waals surface area contributed by atoms with E-state index >= 15 is 0 Å².